The van der Waals surface area contributed by atoms with Crippen molar-refractivity contribution >= 4 is 11.4 Å². The van der Waals surface area contributed by atoms with E-state index in [0.29, 0.717) is 31.0 Å². The first-order valence-corrected chi connectivity index (χ1v) is 6.49. The Morgan fingerprint density at radius 2 is 2.19 bits per heavy atom. The minimum absolute atomic E-state index is 0.266. The number of nitrogens with zero attached hydrogens (tertiary/aromatic N) is 2. The number of alkyl halides is 2. The highest BCUT2D eigenvalue weighted by Crippen LogP contribution is 2.34. The van der Waals surface area contributed by atoms with E-state index in [1.54, 1.807) is 11.9 Å². The fraction of sp³-hybridized carbons (Fsp3) is 0.538. The van der Waals surface area contributed by atoms with Crippen LogP contribution >= 0.6 is 0 Å². The van der Waals surface area contributed by atoms with Crippen molar-refractivity contribution in [2.75, 3.05) is 18.5 Å². The van der Waals surface area contributed by atoms with Crippen LogP contribution in [0.2, 0.25) is 0 Å². The van der Waals surface area contributed by atoms with Crippen molar-refractivity contribution in [2.45, 2.75) is 25.6 Å². The second-order valence-electron chi connectivity index (χ2n) is 5.16. The summed E-state index contributed by atoms with van der Waals surface area (Å²) in [4.78, 5) is 11.8. The molecule has 1 aliphatic rings. The molecule has 21 heavy (non-hydrogen) atoms. The number of hydrogen-bond acceptors (Lipinski definition) is 5. The number of benzene rings is 1. The molecule has 0 amide bonds. The lowest BCUT2D eigenvalue weighted by molar-refractivity contribution is -0.386. The van der Waals surface area contributed by atoms with Gasteiger partial charge in [0.25, 0.3) is 0 Å². The van der Waals surface area contributed by atoms with Crippen molar-refractivity contribution < 1.29 is 23.5 Å². The molecule has 0 radical (unpaired) electrons. The standard InChI is InChI=1S/C13H16F2N2O4/c1-16(7-8-4-10(18)5-8)9-2-3-11(17(19)20)12(6-9)21-13(14)15/h2-3,6,8,10,13,18H,4-5,7H2,1H3. The van der Waals surface area contributed by atoms with Crippen molar-refractivity contribution in [1.82, 2.24) is 0 Å². The van der Waals surface area contributed by atoms with Crippen LogP contribution in [0.25, 0.3) is 0 Å². The zero-order valence-electron chi connectivity index (χ0n) is 11.4. The smallest absolute Gasteiger partial charge is 0.387 e. The largest absolute Gasteiger partial charge is 0.427 e. The normalized spacial score (nSPS) is 21.0. The quantitative estimate of drug-likeness (QED) is 0.645. The summed E-state index contributed by atoms with van der Waals surface area (Å²) in [5.74, 6) is -0.118. The Morgan fingerprint density at radius 3 is 2.71 bits per heavy atom. The molecule has 1 N–H and O–H groups in total. The van der Waals surface area contributed by atoms with E-state index >= 15 is 0 Å². The number of ether oxygens (including phenoxy) is 1. The van der Waals surface area contributed by atoms with E-state index in [1.165, 1.54) is 12.1 Å². The van der Waals surface area contributed by atoms with Crippen LogP contribution in [0.5, 0.6) is 5.75 Å². The van der Waals surface area contributed by atoms with Crippen molar-refractivity contribution in [1.29, 1.82) is 0 Å². The first-order valence-electron chi connectivity index (χ1n) is 6.49. The summed E-state index contributed by atoms with van der Waals surface area (Å²) in [7, 11) is 1.76. The summed E-state index contributed by atoms with van der Waals surface area (Å²) in [6.45, 7) is -2.48. The Kier molecular flexibility index (Phi) is 4.56. The number of aliphatic hydroxyl groups is 1. The SMILES string of the molecule is CN(CC1CC(O)C1)c1ccc([N+](=O)[O-])c(OC(F)F)c1. The van der Waals surface area contributed by atoms with Crippen molar-refractivity contribution in [3.8, 4) is 5.75 Å². The molecule has 0 atom stereocenters. The number of halogens is 2. The zero-order chi connectivity index (χ0) is 15.6. The number of anilines is 1. The van der Waals surface area contributed by atoms with Gasteiger partial charge in [0.1, 0.15) is 0 Å². The van der Waals surface area contributed by atoms with Crippen LogP contribution in [0.15, 0.2) is 18.2 Å². The van der Waals surface area contributed by atoms with E-state index in [0.717, 1.165) is 6.07 Å². The molecule has 8 heteroatoms. The minimum atomic E-state index is -3.12. The maximum Gasteiger partial charge on any atom is 0.387 e. The van der Waals surface area contributed by atoms with E-state index in [2.05, 4.69) is 4.74 Å². The molecule has 1 aromatic rings. The number of rotatable bonds is 6. The Balaban J connectivity index is 2.14. The van der Waals surface area contributed by atoms with E-state index in [1.807, 2.05) is 0 Å². The lowest BCUT2D eigenvalue weighted by Crippen LogP contribution is -2.37. The van der Waals surface area contributed by atoms with Crippen molar-refractivity contribution in [2.24, 2.45) is 5.92 Å². The summed E-state index contributed by atoms with van der Waals surface area (Å²) in [6, 6.07) is 3.88. The molecule has 0 bridgehead atoms. The predicted octanol–water partition coefficient (Wildman–Crippen LogP) is 2.40. The average molecular weight is 302 g/mol. The zero-order valence-corrected chi connectivity index (χ0v) is 11.4. The van der Waals surface area contributed by atoms with Gasteiger partial charge in [0.2, 0.25) is 5.75 Å². The van der Waals surface area contributed by atoms with E-state index in [9.17, 15) is 24.0 Å². The molecule has 0 aromatic heterocycles. The second kappa shape index (κ2) is 6.21. The van der Waals surface area contributed by atoms with E-state index in [-0.39, 0.29) is 6.10 Å². The van der Waals surface area contributed by atoms with Crippen molar-refractivity contribution in [3.63, 3.8) is 0 Å². The summed E-state index contributed by atoms with van der Waals surface area (Å²) in [6.07, 6.45) is 1.15. The Morgan fingerprint density at radius 1 is 1.52 bits per heavy atom. The summed E-state index contributed by atoms with van der Waals surface area (Å²) < 4.78 is 28.9. The molecule has 0 saturated heterocycles. The molecule has 0 aliphatic heterocycles. The number of nitro groups is 1. The first kappa shape index (κ1) is 15.4. The Bertz CT molecular complexity index is 521. The van der Waals surface area contributed by atoms with Gasteiger partial charge in [-0.2, -0.15) is 8.78 Å². The van der Waals surface area contributed by atoms with Crippen LogP contribution in [-0.2, 0) is 0 Å². The van der Waals surface area contributed by atoms with Gasteiger partial charge < -0.3 is 14.7 Å². The third kappa shape index (κ3) is 3.78. The lowest BCUT2D eigenvalue weighted by Gasteiger charge is -2.35. The van der Waals surface area contributed by atoms with Gasteiger partial charge in [-0.25, -0.2) is 0 Å². The molecule has 1 saturated carbocycles. The van der Waals surface area contributed by atoms with Crippen LogP contribution in [0, 0.1) is 16.0 Å². The molecule has 116 valence electrons. The van der Waals surface area contributed by atoms with Gasteiger partial charge >= 0.3 is 12.3 Å². The monoisotopic (exact) mass is 302 g/mol. The summed E-state index contributed by atoms with van der Waals surface area (Å²) in [5.41, 5.74) is 0.0594. The molecule has 0 unspecified atom stereocenters. The van der Waals surface area contributed by atoms with Gasteiger partial charge in [0, 0.05) is 31.4 Å². The fourth-order valence-corrected chi connectivity index (χ4v) is 2.42. The molecule has 0 heterocycles. The molecule has 1 fully saturated rings. The highest BCUT2D eigenvalue weighted by molar-refractivity contribution is 5.59. The van der Waals surface area contributed by atoms with E-state index < -0.39 is 23.0 Å². The number of nitro benzene ring substituents is 1. The van der Waals surface area contributed by atoms with Crippen LogP contribution in [-0.4, -0.2) is 36.3 Å². The topological polar surface area (TPSA) is 75.8 Å². The van der Waals surface area contributed by atoms with Gasteiger partial charge in [0.15, 0.2) is 0 Å². The van der Waals surface area contributed by atoms with Gasteiger partial charge in [-0.1, -0.05) is 0 Å². The summed E-state index contributed by atoms with van der Waals surface area (Å²) in [5, 5.41) is 20.0. The maximum absolute atomic E-state index is 12.3. The molecule has 0 spiro atoms. The van der Waals surface area contributed by atoms with Gasteiger partial charge in [-0.3, -0.25) is 10.1 Å². The molecular weight excluding hydrogens is 286 g/mol. The fourth-order valence-electron chi connectivity index (χ4n) is 2.42. The second-order valence-corrected chi connectivity index (χ2v) is 5.16. The molecular formula is C13H16F2N2O4. The highest BCUT2D eigenvalue weighted by Gasteiger charge is 2.28. The minimum Gasteiger partial charge on any atom is -0.427 e. The molecule has 1 aliphatic carbocycles. The van der Waals surface area contributed by atoms with Crippen LogP contribution < -0.4 is 9.64 Å². The van der Waals surface area contributed by atoms with Crippen LogP contribution in [0.3, 0.4) is 0 Å². The molecule has 6 nitrogen and oxygen atoms in total. The van der Waals surface area contributed by atoms with Crippen LogP contribution in [0.1, 0.15) is 12.8 Å². The number of hydrogen-bond donors (Lipinski definition) is 1. The van der Waals surface area contributed by atoms with Crippen molar-refractivity contribution in [3.05, 3.63) is 28.3 Å². The Labute approximate surface area is 120 Å². The number of aliphatic hydroxyl groups excluding tert-OH is 1. The van der Waals surface area contributed by atoms with Gasteiger partial charge in [-0.15, -0.1) is 0 Å². The van der Waals surface area contributed by atoms with Gasteiger partial charge in [-0.05, 0) is 24.8 Å². The van der Waals surface area contributed by atoms with Crippen LogP contribution in [0.4, 0.5) is 20.2 Å². The highest BCUT2D eigenvalue weighted by atomic mass is 19.3. The summed E-state index contributed by atoms with van der Waals surface area (Å²) >= 11 is 0. The Hall–Kier alpha value is -1.96. The third-order valence-corrected chi connectivity index (χ3v) is 3.54. The lowest BCUT2D eigenvalue weighted by atomic mass is 9.82. The van der Waals surface area contributed by atoms with Gasteiger partial charge in [0.05, 0.1) is 11.0 Å². The molecule has 1 aromatic carbocycles. The average Bonchev–Trinajstić information content (AvgIpc) is 2.35. The molecule has 2 rings (SSSR count). The maximum atomic E-state index is 12.3. The van der Waals surface area contributed by atoms with E-state index in [4.69, 9.17) is 0 Å². The third-order valence-electron chi connectivity index (χ3n) is 3.54. The first-order chi connectivity index (χ1) is 9.86. The predicted molar refractivity (Wildman–Crippen MR) is 71.7 cm³/mol.